The number of benzene rings is 1. The van der Waals surface area contributed by atoms with Crippen LogP contribution in [0.4, 0.5) is 11.5 Å². The molecule has 4 rings (SSSR count). The molecule has 3 aromatic rings. The number of sulfonamides is 1. The van der Waals surface area contributed by atoms with Gasteiger partial charge in [-0.3, -0.25) is 9.52 Å². The van der Waals surface area contributed by atoms with Gasteiger partial charge in [0.25, 0.3) is 5.91 Å². The third kappa shape index (κ3) is 6.73. The van der Waals surface area contributed by atoms with Crippen molar-refractivity contribution in [2.45, 2.75) is 64.8 Å². The van der Waals surface area contributed by atoms with E-state index in [4.69, 9.17) is 21.7 Å². The first-order valence-electron chi connectivity index (χ1n) is 12.9. The van der Waals surface area contributed by atoms with Crippen LogP contribution in [0.3, 0.4) is 0 Å². The molecule has 0 saturated carbocycles. The zero-order valence-electron chi connectivity index (χ0n) is 21.6. The molecule has 1 saturated heterocycles. The minimum Gasteiger partial charge on any atom is -0.370 e. The van der Waals surface area contributed by atoms with Gasteiger partial charge in [-0.05, 0) is 50.8 Å². The molecular formula is C26H35ClN6O3S. The summed E-state index contributed by atoms with van der Waals surface area (Å²) in [6.07, 6.45) is 10.3. The molecule has 1 aliphatic heterocycles. The largest absolute Gasteiger partial charge is 0.370 e. The Labute approximate surface area is 223 Å². The molecule has 0 radical (unpaired) electrons. The molecule has 1 aliphatic rings. The molecule has 37 heavy (non-hydrogen) atoms. The predicted octanol–water partition coefficient (Wildman–Crippen LogP) is 5.42. The number of hydrogen-bond donors (Lipinski definition) is 2. The maximum atomic E-state index is 13.7. The summed E-state index contributed by atoms with van der Waals surface area (Å²) in [5.41, 5.74) is 2.92. The topological polar surface area (TPSA) is 109 Å². The van der Waals surface area contributed by atoms with Gasteiger partial charge < -0.3 is 10.2 Å². The molecule has 1 aromatic carbocycles. The normalized spacial score (nSPS) is 16.2. The van der Waals surface area contributed by atoms with Crippen molar-refractivity contribution in [3.8, 4) is 0 Å². The SMILES string of the molecule is CCCCCCNc1nc2cc([C@@H]3CCCCN3C(=O)c3cc(Cl)ccc3NS(C)(=O)=O)nn2cc1C. The predicted molar refractivity (Wildman–Crippen MR) is 148 cm³/mol. The van der Waals surface area contributed by atoms with E-state index in [9.17, 15) is 13.2 Å². The Morgan fingerprint density at radius 3 is 2.76 bits per heavy atom. The van der Waals surface area contributed by atoms with Gasteiger partial charge in [-0.15, -0.1) is 0 Å². The number of fused-ring (bicyclic) bond motifs is 1. The second-order valence-electron chi connectivity index (χ2n) is 9.71. The van der Waals surface area contributed by atoms with E-state index < -0.39 is 10.0 Å². The molecule has 9 nitrogen and oxygen atoms in total. The van der Waals surface area contributed by atoms with Crippen LogP contribution in [0.2, 0.25) is 5.02 Å². The lowest BCUT2D eigenvalue weighted by atomic mass is 9.98. The summed E-state index contributed by atoms with van der Waals surface area (Å²) in [7, 11) is -3.57. The van der Waals surface area contributed by atoms with E-state index >= 15 is 0 Å². The lowest BCUT2D eigenvalue weighted by Gasteiger charge is -2.35. The van der Waals surface area contributed by atoms with Crippen molar-refractivity contribution in [3.05, 3.63) is 52.3 Å². The lowest BCUT2D eigenvalue weighted by Crippen LogP contribution is -2.39. The fourth-order valence-corrected chi connectivity index (χ4v) is 5.50. The molecule has 0 bridgehead atoms. The van der Waals surface area contributed by atoms with Gasteiger partial charge >= 0.3 is 0 Å². The number of rotatable bonds is 10. The molecule has 2 N–H and O–H groups in total. The standard InChI is InChI=1S/C26H35ClN6O3S/c1-4-5-6-8-13-28-25-18(2)17-33-24(29-25)16-22(30-33)23-10-7-9-14-32(23)26(34)20-15-19(27)11-12-21(20)31-37(3,35)36/h11-12,15-17,23,31H,4-10,13-14H2,1-3H3,(H,28,29)/t23-/m0/s1. The van der Waals surface area contributed by atoms with E-state index in [1.807, 2.05) is 19.2 Å². The summed E-state index contributed by atoms with van der Waals surface area (Å²) in [6.45, 7) is 5.62. The molecule has 200 valence electrons. The number of carbonyl (C=O) groups is 1. The maximum absolute atomic E-state index is 13.7. The van der Waals surface area contributed by atoms with Crippen LogP contribution in [0.5, 0.6) is 0 Å². The van der Waals surface area contributed by atoms with Crippen molar-refractivity contribution in [2.24, 2.45) is 0 Å². The Morgan fingerprint density at radius 1 is 1.19 bits per heavy atom. The fraction of sp³-hybridized carbons (Fsp3) is 0.500. The van der Waals surface area contributed by atoms with Gasteiger partial charge in [-0.25, -0.2) is 17.9 Å². The second-order valence-corrected chi connectivity index (χ2v) is 11.9. The van der Waals surface area contributed by atoms with Gasteiger partial charge in [0.15, 0.2) is 5.65 Å². The zero-order chi connectivity index (χ0) is 26.6. The highest BCUT2D eigenvalue weighted by atomic mass is 35.5. The number of carbonyl (C=O) groups excluding carboxylic acids is 1. The Balaban J connectivity index is 1.60. The summed E-state index contributed by atoms with van der Waals surface area (Å²) in [5, 5.41) is 8.59. The van der Waals surface area contributed by atoms with Crippen molar-refractivity contribution in [2.75, 3.05) is 29.4 Å². The first-order valence-corrected chi connectivity index (χ1v) is 15.1. The first-order chi connectivity index (χ1) is 17.7. The van der Waals surface area contributed by atoms with E-state index in [-0.39, 0.29) is 23.2 Å². The van der Waals surface area contributed by atoms with Crippen LogP contribution < -0.4 is 10.0 Å². The van der Waals surface area contributed by atoms with Crippen LogP contribution >= 0.6 is 11.6 Å². The number of amides is 1. The molecule has 1 fully saturated rings. The van der Waals surface area contributed by atoms with Gasteiger partial charge in [0.2, 0.25) is 10.0 Å². The van der Waals surface area contributed by atoms with Gasteiger partial charge in [-0.1, -0.05) is 37.8 Å². The fourth-order valence-electron chi connectivity index (χ4n) is 4.75. The van der Waals surface area contributed by atoms with Crippen LogP contribution in [0.15, 0.2) is 30.5 Å². The quantitative estimate of drug-likeness (QED) is 0.328. The third-order valence-corrected chi connectivity index (χ3v) is 7.41. The number of halogens is 1. The van der Waals surface area contributed by atoms with Crippen LogP contribution in [0, 0.1) is 6.92 Å². The number of unbranched alkanes of at least 4 members (excludes halogenated alkanes) is 3. The van der Waals surface area contributed by atoms with Gasteiger partial charge in [0.1, 0.15) is 5.82 Å². The number of likely N-dealkylation sites (tertiary alicyclic amines) is 1. The number of nitrogens with zero attached hydrogens (tertiary/aromatic N) is 4. The van der Waals surface area contributed by atoms with Crippen molar-refractivity contribution in [3.63, 3.8) is 0 Å². The summed E-state index contributed by atoms with van der Waals surface area (Å²) in [4.78, 5) is 20.3. The monoisotopic (exact) mass is 546 g/mol. The van der Waals surface area contributed by atoms with E-state index in [1.54, 1.807) is 15.5 Å². The van der Waals surface area contributed by atoms with Crippen LogP contribution in [-0.4, -0.2) is 53.2 Å². The van der Waals surface area contributed by atoms with E-state index in [2.05, 4.69) is 17.0 Å². The third-order valence-electron chi connectivity index (χ3n) is 6.59. The van der Waals surface area contributed by atoms with E-state index in [1.165, 1.54) is 31.4 Å². The van der Waals surface area contributed by atoms with Crippen molar-refractivity contribution < 1.29 is 13.2 Å². The van der Waals surface area contributed by atoms with Crippen LogP contribution in [0.1, 0.15) is 79.5 Å². The second kappa shape index (κ2) is 11.7. The summed E-state index contributed by atoms with van der Waals surface area (Å²) in [5.74, 6) is 0.566. The first kappa shape index (κ1) is 27.2. The highest BCUT2D eigenvalue weighted by molar-refractivity contribution is 7.92. The summed E-state index contributed by atoms with van der Waals surface area (Å²) in [6, 6.07) is 6.27. The molecule has 1 atom stereocenters. The number of piperidine rings is 1. The van der Waals surface area contributed by atoms with Gasteiger partial charge in [-0.2, -0.15) is 5.10 Å². The highest BCUT2D eigenvalue weighted by Gasteiger charge is 2.32. The minimum absolute atomic E-state index is 0.211. The molecule has 0 unspecified atom stereocenters. The van der Waals surface area contributed by atoms with Crippen molar-refractivity contribution in [1.29, 1.82) is 0 Å². The van der Waals surface area contributed by atoms with E-state index in [0.29, 0.717) is 11.6 Å². The number of aromatic nitrogens is 3. The molecule has 0 aliphatic carbocycles. The minimum atomic E-state index is -3.57. The molecule has 1 amide bonds. The van der Waals surface area contributed by atoms with Crippen LogP contribution in [0.25, 0.3) is 5.65 Å². The summed E-state index contributed by atoms with van der Waals surface area (Å²) >= 11 is 6.19. The van der Waals surface area contributed by atoms with Crippen LogP contribution in [-0.2, 0) is 10.0 Å². The molecule has 3 heterocycles. The van der Waals surface area contributed by atoms with Gasteiger partial charge in [0, 0.05) is 35.9 Å². The molecule has 11 heteroatoms. The Bertz CT molecular complexity index is 1370. The number of aryl methyl sites for hydroxylation is 1. The Kier molecular flexibility index (Phi) is 8.59. The van der Waals surface area contributed by atoms with E-state index in [0.717, 1.165) is 61.2 Å². The zero-order valence-corrected chi connectivity index (χ0v) is 23.2. The maximum Gasteiger partial charge on any atom is 0.256 e. The average Bonchev–Trinajstić information content (AvgIpc) is 3.26. The lowest BCUT2D eigenvalue weighted by molar-refractivity contribution is 0.0607. The van der Waals surface area contributed by atoms with Crippen molar-refractivity contribution in [1.82, 2.24) is 19.5 Å². The summed E-state index contributed by atoms with van der Waals surface area (Å²) < 4.78 is 28.0. The number of hydrogen-bond acceptors (Lipinski definition) is 6. The highest BCUT2D eigenvalue weighted by Crippen LogP contribution is 2.34. The van der Waals surface area contributed by atoms with Gasteiger partial charge in [0.05, 0.1) is 29.2 Å². The smallest absolute Gasteiger partial charge is 0.256 e. The molecular weight excluding hydrogens is 512 g/mol. The number of anilines is 2. The molecule has 2 aromatic heterocycles. The molecule has 0 spiro atoms. The Morgan fingerprint density at radius 2 is 2.00 bits per heavy atom. The average molecular weight is 547 g/mol. The van der Waals surface area contributed by atoms with Crippen molar-refractivity contribution >= 4 is 44.7 Å². The Hall–Kier alpha value is -2.85. The number of nitrogens with one attached hydrogen (secondary N) is 2.